The fourth-order valence-electron chi connectivity index (χ4n) is 2.09. The Kier molecular flexibility index (Phi) is 4.05. The molecule has 0 aromatic carbocycles. The molecule has 104 valence electrons. The molecule has 0 bridgehead atoms. The number of hydrogen-bond donors (Lipinski definition) is 1. The van der Waals surface area contributed by atoms with Crippen LogP contribution in [0.1, 0.15) is 6.92 Å². The van der Waals surface area contributed by atoms with Crippen LogP contribution in [-0.4, -0.2) is 59.0 Å². The molecule has 1 fully saturated rings. The first-order valence-electron chi connectivity index (χ1n) is 5.74. The molecule has 2 aliphatic rings. The van der Waals surface area contributed by atoms with Gasteiger partial charge in [-0.1, -0.05) is 29.4 Å². The van der Waals surface area contributed by atoms with Gasteiger partial charge in [-0.15, -0.1) is 0 Å². The van der Waals surface area contributed by atoms with Gasteiger partial charge in [0.2, 0.25) is 0 Å². The molecule has 2 heterocycles. The molecule has 19 heavy (non-hydrogen) atoms. The van der Waals surface area contributed by atoms with Crippen molar-refractivity contribution in [2.75, 3.05) is 19.8 Å². The van der Waals surface area contributed by atoms with Crippen LogP contribution in [0.5, 0.6) is 0 Å². The highest BCUT2D eigenvalue weighted by molar-refractivity contribution is 8.13. The van der Waals surface area contributed by atoms with E-state index in [0.29, 0.717) is 11.6 Å². The summed E-state index contributed by atoms with van der Waals surface area (Å²) < 4.78 is 0. The van der Waals surface area contributed by atoms with Crippen LogP contribution in [0.2, 0.25) is 0 Å². The lowest BCUT2D eigenvalue weighted by Gasteiger charge is -2.35. The molecule has 2 unspecified atom stereocenters. The number of likely N-dealkylation sites (N-methyl/N-ethyl adjacent to an activating group) is 1. The van der Waals surface area contributed by atoms with Gasteiger partial charge in [-0.25, -0.2) is 9.79 Å². The summed E-state index contributed by atoms with van der Waals surface area (Å²) in [5, 5.41) is 3.73. The lowest BCUT2D eigenvalue weighted by Crippen LogP contribution is -2.63. The third-order valence-corrected chi connectivity index (χ3v) is 3.93. The number of amides is 3. The quantitative estimate of drug-likeness (QED) is 0.828. The summed E-state index contributed by atoms with van der Waals surface area (Å²) in [6, 6.07) is -0.904. The Hall–Kier alpha value is -1.21. The Labute approximate surface area is 120 Å². The first-order valence-corrected chi connectivity index (χ1v) is 7.34. The van der Waals surface area contributed by atoms with Crippen molar-refractivity contribution in [2.24, 2.45) is 4.99 Å². The topological polar surface area (TPSA) is 65.0 Å². The number of carbonyl (C=O) groups is 2. The minimum Gasteiger partial charge on any atom is -0.332 e. The third-order valence-electron chi connectivity index (χ3n) is 3.07. The first kappa shape index (κ1) is 14.2. The fourth-order valence-corrected chi connectivity index (χ4v) is 2.79. The zero-order valence-electron chi connectivity index (χ0n) is 10.9. The van der Waals surface area contributed by atoms with E-state index in [1.807, 2.05) is 17.2 Å². The Morgan fingerprint density at radius 3 is 2.84 bits per heavy atom. The Morgan fingerprint density at radius 1 is 1.58 bits per heavy atom. The van der Waals surface area contributed by atoms with E-state index in [4.69, 9.17) is 11.6 Å². The maximum absolute atomic E-state index is 12.0. The highest BCUT2D eigenvalue weighted by Crippen LogP contribution is 2.27. The number of rotatable bonds is 2. The smallest absolute Gasteiger partial charge is 0.325 e. The average Bonchev–Trinajstić information content (AvgIpc) is 2.72. The van der Waals surface area contributed by atoms with Crippen molar-refractivity contribution >= 4 is 40.5 Å². The van der Waals surface area contributed by atoms with Crippen molar-refractivity contribution in [1.82, 2.24) is 15.1 Å². The van der Waals surface area contributed by atoms with Crippen molar-refractivity contribution in [3.63, 3.8) is 0 Å². The number of urea groups is 1. The summed E-state index contributed by atoms with van der Waals surface area (Å²) in [5.74, 6) is -0.318. The Balaban J connectivity index is 2.29. The molecule has 3 amide bonds. The standard InChI is InChI=1S/C11H15ClN4O2S/c1-6(12)4-5-16-7-8(13-11(16)19-3)15(2)10(18)14-9(7)17/h4,7-8H,5H2,1-3H3,(H,14,17,18)/b6-4+. The highest BCUT2D eigenvalue weighted by atomic mass is 35.5. The number of imide groups is 1. The highest BCUT2D eigenvalue weighted by Gasteiger charge is 2.47. The van der Waals surface area contributed by atoms with Gasteiger partial charge in [0.25, 0.3) is 5.91 Å². The average molecular weight is 303 g/mol. The second-order valence-electron chi connectivity index (χ2n) is 4.32. The molecule has 6 nitrogen and oxygen atoms in total. The van der Waals surface area contributed by atoms with Crippen LogP contribution >= 0.6 is 23.4 Å². The van der Waals surface area contributed by atoms with Crippen LogP contribution in [0.25, 0.3) is 0 Å². The minimum atomic E-state index is -0.489. The predicted molar refractivity (Wildman–Crippen MR) is 76.1 cm³/mol. The van der Waals surface area contributed by atoms with E-state index in [2.05, 4.69) is 10.3 Å². The number of nitrogens with one attached hydrogen (secondary N) is 1. The first-order chi connectivity index (χ1) is 8.95. The number of carbonyl (C=O) groups excluding carboxylic acids is 2. The van der Waals surface area contributed by atoms with Gasteiger partial charge < -0.3 is 9.80 Å². The molecular formula is C11H15ClN4O2S. The molecule has 0 spiro atoms. The summed E-state index contributed by atoms with van der Waals surface area (Å²) in [6.45, 7) is 2.27. The lowest BCUT2D eigenvalue weighted by atomic mass is 10.1. The normalized spacial score (nSPS) is 27.4. The molecule has 1 saturated heterocycles. The maximum atomic E-state index is 12.0. The summed E-state index contributed by atoms with van der Waals surface area (Å²) in [7, 11) is 1.63. The van der Waals surface area contributed by atoms with Gasteiger partial charge in [-0.05, 0) is 13.2 Å². The van der Waals surface area contributed by atoms with E-state index in [9.17, 15) is 9.59 Å². The van der Waals surface area contributed by atoms with Gasteiger partial charge >= 0.3 is 6.03 Å². The Bertz CT molecular complexity index is 475. The lowest BCUT2D eigenvalue weighted by molar-refractivity contribution is -0.126. The number of thioether (sulfide) groups is 1. The van der Waals surface area contributed by atoms with E-state index in [0.717, 1.165) is 5.17 Å². The van der Waals surface area contributed by atoms with Crippen LogP contribution in [0.3, 0.4) is 0 Å². The van der Waals surface area contributed by atoms with E-state index in [-0.39, 0.29) is 5.91 Å². The number of aliphatic imine (C=N–C) groups is 1. The van der Waals surface area contributed by atoms with Gasteiger partial charge in [-0.2, -0.15) is 0 Å². The zero-order valence-corrected chi connectivity index (χ0v) is 12.5. The number of halogens is 1. The Morgan fingerprint density at radius 2 is 2.26 bits per heavy atom. The van der Waals surface area contributed by atoms with Gasteiger partial charge in [0, 0.05) is 18.6 Å². The van der Waals surface area contributed by atoms with Gasteiger partial charge in [0.15, 0.2) is 17.4 Å². The van der Waals surface area contributed by atoms with Gasteiger partial charge in [0.1, 0.15) is 0 Å². The van der Waals surface area contributed by atoms with Gasteiger partial charge in [-0.3, -0.25) is 10.1 Å². The van der Waals surface area contributed by atoms with Crippen LogP contribution in [0.15, 0.2) is 16.1 Å². The summed E-state index contributed by atoms with van der Waals surface area (Å²) in [5.41, 5.74) is 0. The third kappa shape index (κ3) is 2.57. The molecule has 0 aliphatic carbocycles. The molecule has 2 rings (SSSR count). The molecule has 0 aromatic rings. The second kappa shape index (κ2) is 5.42. The molecule has 8 heteroatoms. The largest absolute Gasteiger partial charge is 0.332 e. The van der Waals surface area contributed by atoms with Gasteiger partial charge in [0.05, 0.1) is 0 Å². The second-order valence-corrected chi connectivity index (χ2v) is 5.69. The fraction of sp³-hybridized carbons (Fsp3) is 0.545. The molecule has 0 aromatic heterocycles. The van der Waals surface area contributed by atoms with Crippen molar-refractivity contribution in [1.29, 1.82) is 0 Å². The summed E-state index contributed by atoms with van der Waals surface area (Å²) in [6.07, 6.45) is 3.24. The number of hydrogen-bond acceptors (Lipinski definition) is 5. The molecule has 2 aliphatic heterocycles. The van der Waals surface area contributed by atoms with Crippen LogP contribution in [0.4, 0.5) is 4.79 Å². The summed E-state index contributed by atoms with van der Waals surface area (Å²) >= 11 is 7.28. The molecule has 0 saturated carbocycles. The maximum Gasteiger partial charge on any atom is 0.325 e. The molecule has 2 atom stereocenters. The number of amidine groups is 1. The van der Waals surface area contributed by atoms with Crippen LogP contribution in [-0.2, 0) is 4.79 Å². The van der Waals surface area contributed by atoms with Crippen molar-refractivity contribution < 1.29 is 9.59 Å². The zero-order chi connectivity index (χ0) is 14.2. The van der Waals surface area contributed by atoms with Crippen molar-refractivity contribution in [2.45, 2.75) is 19.1 Å². The molecular weight excluding hydrogens is 288 g/mol. The van der Waals surface area contributed by atoms with Crippen LogP contribution < -0.4 is 5.32 Å². The van der Waals surface area contributed by atoms with Crippen LogP contribution in [0, 0.1) is 0 Å². The summed E-state index contributed by atoms with van der Waals surface area (Å²) in [4.78, 5) is 31.3. The SMILES string of the molecule is CSC1=NC2C(C(=O)NC(=O)N2C)N1C/C=C(\C)Cl. The monoisotopic (exact) mass is 302 g/mol. The minimum absolute atomic E-state index is 0.318. The predicted octanol–water partition coefficient (Wildman–Crippen LogP) is 1.04. The van der Waals surface area contributed by atoms with Crippen molar-refractivity contribution in [3.8, 4) is 0 Å². The molecule has 0 radical (unpaired) electrons. The van der Waals surface area contributed by atoms with Crippen molar-refractivity contribution in [3.05, 3.63) is 11.1 Å². The number of nitrogens with zero attached hydrogens (tertiary/aromatic N) is 3. The van der Waals surface area contributed by atoms with E-state index in [1.54, 1.807) is 14.0 Å². The van der Waals surface area contributed by atoms with E-state index in [1.165, 1.54) is 16.7 Å². The molecule has 1 N–H and O–H groups in total. The number of fused-ring (bicyclic) bond motifs is 1. The van der Waals surface area contributed by atoms with E-state index >= 15 is 0 Å². The van der Waals surface area contributed by atoms with E-state index < -0.39 is 18.2 Å². The number of allylic oxidation sites excluding steroid dienone is 1.